The Labute approximate surface area is 398 Å². The average molecular weight is 970 g/mol. The van der Waals surface area contributed by atoms with Gasteiger partial charge in [-0.05, 0) is 124 Å². The second-order valence-electron chi connectivity index (χ2n) is 15.7. The second-order valence-corrected chi connectivity index (χ2v) is 16.6. The van der Waals surface area contributed by atoms with Gasteiger partial charge in [0.1, 0.15) is 34.6 Å². The zero-order valence-electron chi connectivity index (χ0n) is 39.0. The number of hydrogen-bond acceptors (Lipinski definition) is 8. The van der Waals surface area contributed by atoms with Gasteiger partial charge in [0.25, 0.3) is 0 Å². The quantitative estimate of drug-likeness (QED) is 0.0441. The Morgan fingerprint density at radius 1 is 0.470 bits per heavy atom. The number of hydrogen-bond donors (Lipinski definition) is 4. The molecule has 0 bridgehead atoms. The van der Waals surface area contributed by atoms with E-state index in [-0.39, 0.29) is 24.5 Å². The normalized spacial score (nSPS) is 10.6. The van der Waals surface area contributed by atoms with E-state index in [1.807, 2.05) is 30.3 Å². The van der Waals surface area contributed by atoms with Crippen molar-refractivity contribution in [1.29, 1.82) is 0 Å². The summed E-state index contributed by atoms with van der Waals surface area (Å²) in [6.45, 7) is 4.49. The van der Waals surface area contributed by atoms with E-state index in [0.29, 0.717) is 35.5 Å². The van der Waals surface area contributed by atoms with Crippen molar-refractivity contribution in [2.45, 2.75) is 78.1 Å². The summed E-state index contributed by atoms with van der Waals surface area (Å²) in [5.41, 5.74) is 8.82. The molecule has 8 nitrogen and oxygen atoms in total. The van der Waals surface area contributed by atoms with Crippen molar-refractivity contribution >= 4 is 28.5 Å². The number of benzene rings is 6. The van der Waals surface area contributed by atoms with Crippen LogP contribution in [0.1, 0.15) is 74.6 Å². The molecule has 0 spiro atoms. The molecule has 0 heterocycles. The fourth-order valence-electron chi connectivity index (χ4n) is 7.44. The Balaban J connectivity index is 0.000000235. The summed E-state index contributed by atoms with van der Waals surface area (Å²) in [5.74, 6) is 1.73. The van der Waals surface area contributed by atoms with Gasteiger partial charge in [0, 0.05) is 40.9 Å². The summed E-state index contributed by atoms with van der Waals surface area (Å²) in [5, 5.41) is 36.2. The van der Waals surface area contributed by atoms with Crippen molar-refractivity contribution in [2.75, 3.05) is 41.7 Å². The number of aryl methyl sites for hydroxylation is 2. The van der Waals surface area contributed by atoms with Crippen molar-refractivity contribution in [3.63, 3.8) is 0 Å². The van der Waals surface area contributed by atoms with Crippen molar-refractivity contribution in [1.82, 2.24) is 0 Å². The highest BCUT2D eigenvalue weighted by Gasteiger charge is 2.18. The zero-order valence-corrected chi connectivity index (χ0v) is 40.6. The van der Waals surface area contributed by atoms with Gasteiger partial charge in [0.05, 0.1) is 32.9 Å². The van der Waals surface area contributed by atoms with E-state index in [4.69, 9.17) is 34.1 Å². The molecular formula is C54H64BBrF2O8. The average Bonchev–Trinajstić information content (AvgIpc) is 3.33. The monoisotopic (exact) mass is 968 g/mol. The number of aliphatic hydroxyl groups excluding tert-OH is 2. The molecule has 0 atom stereocenters. The standard InChI is InChI=1S/C27H31FO3.C17H20BFO2.C10H13BrO3/c1-4-5-6-7-19-8-10-20(11-9-19)21-12-13-23(25(28)16-21)24-18-26(30-2)22(14-15-29)17-27(24)31-3;1-2-3-4-5-13-6-8-14(9-7-13)15-10-11-16(18(20)21)17(19)12-15;1-13-9-6-8(11)10(14-2)5-7(9)3-4-12/h8-13,16-18,29H,4-7,14-15H2,1-3H3;6-12,20-21H,2-5H2,1H3;5-6,12H,3-4H2,1-2H3. The molecule has 0 saturated carbocycles. The highest BCUT2D eigenvalue weighted by molar-refractivity contribution is 9.10. The first-order valence-electron chi connectivity index (χ1n) is 22.5. The fourth-order valence-corrected chi connectivity index (χ4v) is 7.93. The van der Waals surface area contributed by atoms with Crippen LogP contribution in [0.3, 0.4) is 0 Å². The van der Waals surface area contributed by atoms with Crippen LogP contribution in [0.25, 0.3) is 33.4 Å². The molecule has 0 radical (unpaired) electrons. The molecule has 12 heteroatoms. The predicted molar refractivity (Wildman–Crippen MR) is 267 cm³/mol. The van der Waals surface area contributed by atoms with Crippen LogP contribution in [-0.2, 0) is 25.7 Å². The summed E-state index contributed by atoms with van der Waals surface area (Å²) >= 11 is 3.37. The third-order valence-electron chi connectivity index (χ3n) is 11.2. The zero-order chi connectivity index (χ0) is 48.0. The van der Waals surface area contributed by atoms with Crippen LogP contribution in [0.5, 0.6) is 23.0 Å². The van der Waals surface area contributed by atoms with E-state index < -0.39 is 12.9 Å². The first-order valence-corrected chi connectivity index (χ1v) is 23.3. The molecule has 0 unspecified atom stereocenters. The van der Waals surface area contributed by atoms with Crippen molar-refractivity contribution in [3.05, 3.63) is 148 Å². The lowest BCUT2D eigenvalue weighted by atomic mass is 9.79. The first-order chi connectivity index (χ1) is 31.9. The molecule has 0 aliphatic heterocycles. The third-order valence-corrected chi connectivity index (χ3v) is 11.8. The number of aliphatic hydroxyl groups is 2. The maximum atomic E-state index is 15.2. The van der Waals surface area contributed by atoms with Gasteiger partial charge in [-0.1, -0.05) is 112 Å². The van der Waals surface area contributed by atoms with Gasteiger partial charge in [0.15, 0.2) is 0 Å². The number of unbranched alkanes of at least 4 members (excludes halogenated alkanes) is 4. The van der Waals surface area contributed by atoms with E-state index in [0.717, 1.165) is 62.2 Å². The van der Waals surface area contributed by atoms with Crippen LogP contribution in [0.4, 0.5) is 8.78 Å². The molecule has 0 saturated heterocycles. The van der Waals surface area contributed by atoms with E-state index in [2.05, 4.69) is 66.2 Å². The van der Waals surface area contributed by atoms with Gasteiger partial charge in [-0.2, -0.15) is 0 Å². The molecule has 0 aliphatic carbocycles. The minimum absolute atomic E-state index is 0.000682. The van der Waals surface area contributed by atoms with Crippen LogP contribution in [0.2, 0.25) is 0 Å². The van der Waals surface area contributed by atoms with Gasteiger partial charge < -0.3 is 39.2 Å². The van der Waals surface area contributed by atoms with E-state index in [1.54, 1.807) is 58.8 Å². The molecule has 0 amide bonds. The van der Waals surface area contributed by atoms with Crippen molar-refractivity contribution in [2.24, 2.45) is 0 Å². The second kappa shape index (κ2) is 28.1. The Hall–Kier alpha value is -5.24. The molecule has 0 aromatic heterocycles. The largest absolute Gasteiger partial charge is 0.496 e. The maximum absolute atomic E-state index is 15.2. The van der Waals surface area contributed by atoms with Crippen LogP contribution >= 0.6 is 15.9 Å². The van der Waals surface area contributed by atoms with Gasteiger partial charge in [-0.15, -0.1) is 0 Å². The topological polar surface area (TPSA) is 118 Å². The van der Waals surface area contributed by atoms with E-state index in [1.165, 1.54) is 61.8 Å². The van der Waals surface area contributed by atoms with E-state index >= 15 is 4.39 Å². The lowest BCUT2D eigenvalue weighted by molar-refractivity contribution is 0.296. The third kappa shape index (κ3) is 15.4. The fraction of sp³-hybridized carbons (Fsp3) is 0.333. The van der Waals surface area contributed by atoms with Crippen LogP contribution in [0.15, 0.2) is 114 Å². The summed E-state index contributed by atoms with van der Waals surface area (Å²) in [6, 6.07) is 33.4. The van der Waals surface area contributed by atoms with Gasteiger partial charge in [-0.3, -0.25) is 0 Å². The molecule has 0 fully saturated rings. The molecular weight excluding hydrogens is 905 g/mol. The Morgan fingerprint density at radius 3 is 1.33 bits per heavy atom. The first kappa shape index (κ1) is 53.4. The molecule has 66 heavy (non-hydrogen) atoms. The smallest absolute Gasteiger partial charge is 0.491 e. The van der Waals surface area contributed by atoms with Crippen LogP contribution in [0, 0.1) is 11.6 Å². The highest BCUT2D eigenvalue weighted by atomic mass is 79.9. The maximum Gasteiger partial charge on any atom is 0.491 e. The molecule has 4 N–H and O–H groups in total. The number of ether oxygens (including phenoxy) is 4. The number of halogens is 3. The minimum atomic E-state index is -1.78. The summed E-state index contributed by atoms with van der Waals surface area (Å²) in [6.07, 6.45) is 10.4. The summed E-state index contributed by atoms with van der Waals surface area (Å²) in [4.78, 5) is 0. The van der Waals surface area contributed by atoms with Crippen LogP contribution < -0.4 is 24.4 Å². The Bertz CT molecular complexity index is 2390. The Kier molecular flexibility index (Phi) is 22.7. The molecule has 6 aromatic rings. The summed E-state index contributed by atoms with van der Waals surface area (Å²) < 4.78 is 51.1. The van der Waals surface area contributed by atoms with Gasteiger partial charge >= 0.3 is 7.12 Å². The highest BCUT2D eigenvalue weighted by Crippen LogP contribution is 2.39. The molecule has 6 rings (SSSR count). The van der Waals surface area contributed by atoms with Crippen molar-refractivity contribution in [3.8, 4) is 56.4 Å². The van der Waals surface area contributed by atoms with Crippen molar-refractivity contribution < 1.29 is 48.0 Å². The lowest BCUT2D eigenvalue weighted by Crippen LogP contribution is -2.32. The predicted octanol–water partition coefficient (Wildman–Crippen LogP) is 11.4. The molecule has 0 aliphatic rings. The van der Waals surface area contributed by atoms with Crippen LogP contribution in [-0.4, -0.2) is 69.0 Å². The Morgan fingerprint density at radius 2 is 0.909 bits per heavy atom. The lowest BCUT2D eigenvalue weighted by Gasteiger charge is -2.16. The van der Waals surface area contributed by atoms with E-state index in [9.17, 15) is 9.50 Å². The van der Waals surface area contributed by atoms with Gasteiger partial charge in [0.2, 0.25) is 0 Å². The number of rotatable bonds is 20. The molecule has 6 aromatic carbocycles. The minimum Gasteiger partial charge on any atom is -0.496 e. The van der Waals surface area contributed by atoms with Gasteiger partial charge in [-0.25, -0.2) is 8.78 Å². The molecule has 352 valence electrons. The summed E-state index contributed by atoms with van der Waals surface area (Å²) in [7, 11) is 4.56. The number of methoxy groups -OCH3 is 4. The SMILES string of the molecule is CCCCCc1ccc(-c2ccc(-c3cc(OC)c(CCO)cc3OC)c(F)c2)cc1.CCCCCc1ccc(-c2ccc(B(O)O)c(F)c2)cc1.COc1cc(CCO)c(OC)cc1Br.